The lowest BCUT2D eigenvalue weighted by Gasteiger charge is -2.13. The molecule has 0 fully saturated rings. The quantitative estimate of drug-likeness (QED) is 0.450. The number of aliphatic hydroxyl groups excluding tert-OH is 1. The minimum Gasteiger partial charge on any atom is -0.511 e. The fraction of sp³-hybridized carbons (Fsp3) is 0.0588. The summed E-state index contributed by atoms with van der Waals surface area (Å²) in [6.45, 7) is 1.15. The van der Waals surface area contributed by atoms with Crippen LogP contribution in [0.5, 0.6) is 0 Å². The molecule has 0 bridgehead atoms. The third-order valence-corrected chi connectivity index (χ3v) is 5.08. The van der Waals surface area contributed by atoms with Gasteiger partial charge in [-0.15, -0.1) is 0 Å². The van der Waals surface area contributed by atoms with Crippen molar-refractivity contribution in [1.82, 2.24) is 5.32 Å². The van der Waals surface area contributed by atoms with Crippen molar-refractivity contribution in [3.8, 4) is 0 Å². The topological polar surface area (TPSA) is 107 Å². The number of carbonyl (C=O) groups is 1. The molecule has 0 saturated heterocycles. The Balaban J connectivity index is 2.34. The maximum Gasteiger partial charge on any atom is 0.256 e. The van der Waals surface area contributed by atoms with Crippen molar-refractivity contribution in [3.63, 3.8) is 0 Å². The highest BCUT2D eigenvalue weighted by molar-refractivity contribution is 7.96. The van der Waals surface area contributed by atoms with Gasteiger partial charge in [-0.1, -0.05) is 36.4 Å². The van der Waals surface area contributed by atoms with Gasteiger partial charge in [0.15, 0.2) is 4.91 Å². The molecule has 2 aromatic rings. The van der Waals surface area contributed by atoms with Crippen molar-refractivity contribution < 1.29 is 18.3 Å². The largest absolute Gasteiger partial charge is 0.511 e. The summed E-state index contributed by atoms with van der Waals surface area (Å²) < 4.78 is 25.2. The third-order valence-electron chi connectivity index (χ3n) is 3.15. The van der Waals surface area contributed by atoms with E-state index < -0.39 is 32.2 Å². The molecule has 2 rings (SSSR count). The van der Waals surface area contributed by atoms with Crippen LogP contribution in [0.4, 0.5) is 0 Å². The fourth-order valence-corrected chi connectivity index (χ4v) is 3.52. The summed E-state index contributed by atoms with van der Waals surface area (Å²) in [5.74, 6) is -1.90. The van der Waals surface area contributed by atoms with Gasteiger partial charge in [-0.2, -0.15) is 0 Å². The van der Waals surface area contributed by atoms with E-state index in [4.69, 9.17) is 5.41 Å². The van der Waals surface area contributed by atoms with Gasteiger partial charge in [-0.05, 0) is 31.2 Å². The molecule has 0 unspecified atom stereocenters. The molecular weight excluding hydrogens is 328 g/mol. The Bertz CT molecular complexity index is 885. The van der Waals surface area contributed by atoms with Crippen LogP contribution in [0.3, 0.4) is 0 Å². The highest BCUT2D eigenvalue weighted by atomic mass is 32.2. The summed E-state index contributed by atoms with van der Waals surface area (Å²) in [6.07, 6.45) is 0. The number of allylic oxidation sites excluding steroid dienone is 1. The molecule has 7 heteroatoms. The van der Waals surface area contributed by atoms with Gasteiger partial charge < -0.3 is 10.4 Å². The molecule has 0 aliphatic heterocycles. The standard InChI is InChI=1S/C17H16N2O4S/c1-12(20)15(24(22,23)14-10-6-3-7-11-14)16(18)19-17(21)13-8-4-2-5-9-13/h2-11,20H,1H3,(H2,18,19,21)/b15-12-. The molecular formula is C17H16N2O4S. The Morgan fingerprint density at radius 3 is 2.00 bits per heavy atom. The second-order valence-electron chi connectivity index (χ2n) is 4.93. The van der Waals surface area contributed by atoms with Crippen LogP contribution in [0, 0.1) is 5.41 Å². The predicted octanol–water partition coefficient (Wildman–Crippen LogP) is 2.66. The summed E-state index contributed by atoms with van der Waals surface area (Å²) >= 11 is 0. The molecule has 0 heterocycles. The molecule has 1 amide bonds. The molecule has 24 heavy (non-hydrogen) atoms. The van der Waals surface area contributed by atoms with Crippen molar-refractivity contribution in [1.29, 1.82) is 5.41 Å². The third kappa shape index (κ3) is 3.69. The van der Waals surface area contributed by atoms with E-state index in [9.17, 15) is 18.3 Å². The van der Waals surface area contributed by atoms with Crippen molar-refractivity contribution in [3.05, 3.63) is 76.9 Å². The summed E-state index contributed by atoms with van der Waals surface area (Å²) in [7, 11) is -4.14. The zero-order valence-electron chi connectivity index (χ0n) is 12.9. The fourth-order valence-electron chi connectivity index (χ4n) is 2.06. The normalized spacial score (nSPS) is 12.2. The molecule has 0 aliphatic rings. The number of amides is 1. The summed E-state index contributed by atoms with van der Waals surface area (Å²) in [6, 6.07) is 15.5. The van der Waals surface area contributed by atoms with Gasteiger partial charge in [0, 0.05) is 5.56 Å². The maximum atomic E-state index is 12.6. The lowest BCUT2D eigenvalue weighted by atomic mass is 10.2. The first-order chi connectivity index (χ1) is 11.3. The van der Waals surface area contributed by atoms with Crippen LogP contribution in [-0.4, -0.2) is 25.3 Å². The van der Waals surface area contributed by atoms with Gasteiger partial charge in [0.25, 0.3) is 5.91 Å². The molecule has 0 radical (unpaired) electrons. The lowest BCUT2D eigenvalue weighted by Crippen LogP contribution is -2.34. The van der Waals surface area contributed by atoms with Crippen LogP contribution in [0.25, 0.3) is 0 Å². The minimum atomic E-state index is -4.14. The number of hydrogen-bond acceptors (Lipinski definition) is 5. The van der Waals surface area contributed by atoms with Crippen molar-refractivity contribution in [2.24, 2.45) is 0 Å². The zero-order valence-corrected chi connectivity index (χ0v) is 13.7. The molecule has 3 N–H and O–H groups in total. The van der Waals surface area contributed by atoms with Gasteiger partial charge in [0.2, 0.25) is 9.84 Å². The number of rotatable bonds is 4. The van der Waals surface area contributed by atoms with Crippen LogP contribution in [0.15, 0.2) is 76.2 Å². The molecule has 6 nitrogen and oxygen atoms in total. The molecule has 0 saturated carbocycles. The Morgan fingerprint density at radius 2 is 1.50 bits per heavy atom. The monoisotopic (exact) mass is 344 g/mol. The first-order valence-corrected chi connectivity index (χ1v) is 8.47. The van der Waals surface area contributed by atoms with Gasteiger partial charge in [-0.3, -0.25) is 10.2 Å². The zero-order chi connectivity index (χ0) is 17.7. The van der Waals surface area contributed by atoms with Crippen molar-refractivity contribution in [2.45, 2.75) is 11.8 Å². The number of amidine groups is 1. The number of aliphatic hydroxyl groups is 1. The van der Waals surface area contributed by atoms with E-state index in [1.54, 1.807) is 24.3 Å². The summed E-state index contributed by atoms with van der Waals surface area (Å²) in [5.41, 5.74) is 0.273. The highest BCUT2D eigenvalue weighted by Crippen LogP contribution is 2.21. The molecule has 0 aliphatic carbocycles. The van der Waals surface area contributed by atoms with Gasteiger partial charge in [-0.25, -0.2) is 8.42 Å². The number of benzene rings is 2. The molecule has 0 atom stereocenters. The van der Waals surface area contributed by atoms with E-state index in [1.807, 2.05) is 0 Å². The van der Waals surface area contributed by atoms with E-state index in [0.717, 1.165) is 6.92 Å². The maximum absolute atomic E-state index is 12.6. The number of carbonyl (C=O) groups excluding carboxylic acids is 1. The Hall–Kier alpha value is -2.93. The average molecular weight is 344 g/mol. The SMILES string of the molecule is C/C(O)=C(\C(=N)NC(=O)c1ccccc1)S(=O)(=O)c1ccccc1. The lowest BCUT2D eigenvalue weighted by molar-refractivity contribution is 0.0977. The number of nitrogens with one attached hydrogen (secondary N) is 2. The summed E-state index contributed by atoms with van der Waals surface area (Å²) in [5, 5.41) is 19.9. The van der Waals surface area contributed by atoms with Crippen LogP contribution < -0.4 is 5.32 Å². The molecule has 0 spiro atoms. The second kappa shape index (κ2) is 7.10. The molecule has 2 aromatic carbocycles. The van der Waals surface area contributed by atoms with Crippen LogP contribution in [0.1, 0.15) is 17.3 Å². The van der Waals surface area contributed by atoms with Crippen molar-refractivity contribution in [2.75, 3.05) is 0 Å². The highest BCUT2D eigenvalue weighted by Gasteiger charge is 2.28. The van der Waals surface area contributed by atoms with E-state index >= 15 is 0 Å². The van der Waals surface area contributed by atoms with Gasteiger partial charge in [0.1, 0.15) is 11.6 Å². The second-order valence-corrected chi connectivity index (χ2v) is 6.81. The van der Waals surface area contributed by atoms with E-state index in [2.05, 4.69) is 5.32 Å². The Labute approximate surface area is 139 Å². The minimum absolute atomic E-state index is 0.0767. The number of sulfone groups is 1. The van der Waals surface area contributed by atoms with Crippen LogP contribution in [0.2, 0.25) is 0 Å². The Kier molecular flexibility index (Phi) is 5.15. The first kappa shape index (κ1) is 17.4. The first-order valence-electron chi connectivity index (χ1n) is 6.99. The Morgan fingerprint density at radius 1 is 1.00 bits per heavy atom. The number of hydrogen-bond donors (Lipinski definition) is 3. The van der Waals surface area contributed by atoms with Crippen molar-refractivity contribution >= 4 is 21.6 Å². The van der Waals surface area contributed by atoms with Crippen LogP contribution in [-0.2, 0) is 9.84 Å². The van der Waals surface area contributed by atoms with E-state index in [0.29, 0.717) is 0 Å². The molecule has 124 valence electrons. The summed E-state index contributed by atoms with van der Waals surface area (Å²) in [4.78, 5) is 11.4. The smallest absolute Gasteiger partial charge is 0.256 e. The predicted molar refractivity (Wildman–Crippen MR) is 90.6 cm³/mol. The average Bonchev–Trinajstić information content (AvgIpc) is 2.55. The van der Waals surface area contributed by atoms with Gasteiger partial charge >= 0.3 is 0 Å². The van der Waals surface area contributed by atoms with Gasteiger partial charge in [0.05, 0.1) is 4.90 Å². The molecule has 0 aromatic heterocycles. The van der Waals surface area contributed by atoms with Crippen LogP contribution >= 0.6 is 0 Å². The van der Waals surface area contributed by atoms with E-state index in [-0.39, 0.29) is 10.5 Å². The van der Waals surface area contributed by atoms with E-state index in [1.165, 1.54) is 36.4 Å².